The second kappa shape index (κ2) is 9.21. The molecule has 1 aliphatic heterocycles. The lowest BCUT2D eigenvalue weighted by molar-refractivity contribution is -0.184. The number of allylic oxidation sites excluding steroid dienone is 2. The number of benzene rings is 1. The highest BCUT2D eigenvalue weighted by atomic mass is 35.5. The maximum atomic E-state index is 12.5. The number of alkyl halides is 6. The molecule has 0 radical (unpaired) electrons. The minimum Gasteiger partial charge on any atom is -0.453 e. The van der Waals surface area contributed by atoms with Gasteiger partial charge in [0, 0.05) is 16.4 Å². The monoisotopic (exact) mass is 471 g/mol. The molecule has 0 aromatic heterocycles. The molecule has 0 atom stereocenters. The van der Waals surface area contributed by atoms with Crippen molar-refractivity contribution in [3.05, 3.63) is 57.4 Å². The number of rotatable bonds is 5. The summed E-state index contributed by atoms with van der Waals surface area (Å²) in [5.74, 6) is -4.13. The Hall–Kier alpha value is -2.69. The zero-order chi connectivity index (χ0) is 23.6. The summed E-state index contributed by atoms with van der Waals surface area (Å²) >= 11 is 5.84. The summed E-state index contributed by atoms with van der Waals surface area (Å²) in [6.07, 6.45) is -9.61. The minimum absolute atomic E-state index is 0.0667. The van der Waals surface area contributed by atoms with Gasteiger partial charge in [-0.1, -0.05) is 23.7 Å². The van der Waals surface area contributed by atoms with Gasteiger partial charge in [-0.2, -0.15) is 26.3 Å². The van der Waals surface area contributed by atoms with Gasteiger partial charge in [-0.25, -0.2) is 9.59 Å². The van der Waals surface area contributed by atoms with E-state index in [2.05, 4.69) is 14.8 Å². The highest BCUT2D eigenvalue weighted by molar-refractivity contribution is 6.30. The molecule has 1 aliphatic rings. The maximum Gasteiger partial charge on any atom is 0.422 e. The van der Waals surface area contributed by atoms with E-state index < -0.39 is 43.4 Å². The van der Waals surface area contributed by atoms with Gasteiger partial charge in [0.1, 0.15) is 0 Å². The smallest absolute Gasteiger partial charge is 0.422 e. The minimum atomic E-state index is -4.80. The number of esters is 2. The summed E-state index contributed by atoms with van der Waals surface area (Å²) < 4.78 is 83.7. The fourth-order valence-corrected chi connectivity index (χ4v) is 3.10. The van der Waals surface area contributed by atoms with Crippen LogP contribution in [0.15, 0.2) is 46.8 Å². The van der Waals surface area contributed by atoms with E-state index in [1.807, 2.05) is 0 Å². The molecule has 12 heteroatoms. The van der Waals surface area contributed by atoms with Gasteiger partial charge in [-0.05, 0) is 31.5 Å². The molecule has 2 rings (SSSR count). The third kappa shape index (κ3) is 6.65. The standard InChI is InChI=1S/C19H16ClF6NO4/c1-9-13(16(28)30-7-18(21,22)23)15(11-3-5-12(20)6-4-11)14(10(2)27-9)17(29)31-8-19(24,25)26/h3-6,15,27H,7-8H2,1-2H3. The molecule has 0 aliphatic carbocycles. The third-order valence-electron chi connectivity index (χ3n) is 4.14. The topological polar surface area (TPSA) is 64.6 Å². The Morgan fingerprint density at radius 2 is 1.26 bits per heavy atom. The van der Waals surface area contributed by atoms with Crippen LogP contribution < -0.4 is 5.32 Å². The largest absolute Gasteiger partial charge is 0.453 e. The van der Waals surface area contributed by atoms with Gasteiger partial charge in [-0.15, -0.1) is 0 Å². The first-order valence-electron chi connectivity index (χ1n) is 8.61. The number of dihydropyridines is 1. The molecule has 5 nitrogen and oxygen atoms in total. The van der Waals surface area contributed by atoms with Gasteiger partial charge in [0.2, 0.25) is 0 Å². The molecule has 1 aromatic carbocycles. The van der Waals surface area contributed by atoms with E-state index >= 15 is 0 Å². The van der Waals surface area contributed by atoms with Crippen molar-refractivity contribution in [1.29, 1.82) is 0 Å². The molecule has 0 saturated heterocycles. The average molecular weight is 472 g/mol. The highest BCUT2D eigenvalue weighted by Gasteiger charge is 2.40. The fourth-order valence-electron chi connectivity index (χ4n) is 2.97. The second-order valence-electron chi connectivity index (χ2n) is 6.57. The van der Waals surface area contributed by atoms with Gasteiger partial charge in [0.15, 0.2) is 13.2 Å². The quantitative estimate of drug-likeness (QED) is 0.494. The van der Waals surface area contributed by atoms with Crippen LogP contribution in [-0.4, -0.2) is 37.5 Å². The van der Waals surface area contributed by atoms with Crippen molar-refractivity contribution in [3.63, 3.8) is 0 Å². The van der Waals surface area contributed by atoms with Gasteiger partial charge in [0.25, 0.3) is 0 Å². The van der Waals surface area contributed by atoms with E-state index in [1.165, 1.54) is 38.1 Å². The summed E-state index contributed by atoms with van der Waals surface area (Å²) in [6.45, 7) is -1.05. The number of halogens is 7. The Balaban J connectivity index is 2.50. The van der Waals surface area contributed by atoms with E-state index in [0.717, 1.165) is 0 Å². The highest BCUT2D eigenvalue weighted by Crippen LogP contribution is 2.40. The number of hydrogen-bond acceptors (Lipinski definition) is 5. The van der Waals surface area contributed by atoms with Crippen molar-refractivity contribution in [2.75, 3.05) is 13.2 Å². The van der Waals surface area contributed by atoms with Crippen molar-refractivity contribution < 1.29 is 45.4 Å². The number of ether oxygens (including phenoxy) is 2. The number of nitrogens with one attached hydrogen (secondary N) is 1. The maximum absolute atomic E-state index is 12.5. The van der Waals surface area contributed by atoms with Gasteiger partial charge >= 0.3 is 24.3 Å². The fraction of sp³-hybridized carbons (Fsp3) is 0.368. The average Bonchev–Trinajstić information content (AvgIpc) is 2.63. The summed E-state index contributed by atoms with van der Waals surface area (Å²) in [6, 6.07) is 5.54. The molecule has 0 amide bonds. The van der Waals surface area contributed by atoms with Crippen LogP contribution in [0.3, 0.4) is 0 Å². The molecule has 31 heavy (non-hydrogen) atoms. The number of hydrogen-bond donors (Lipinski definition) is 1. The van der Waals surface area contributed by atoms with E-state index in [9.17, 15) is 35.9 Å². The lowest BCUT2D eigenvalue weighted by atomic mass is 9.80. The van der Waals surface area contributed by atoms with Crippen molar-refractivity contribution in [2.45, 2.75) is 32.1 Å². The molecule has 0 saturated carbocycles. The van der Waals surface area contributed by atoms with Crippen molar-refractivity contribution >= 4 is 23.5 Å². The molecule has 0 unspecified atom stereocenters. The third-order valence-corrected chi connectivity index (χ3v) is 4.39. The molecule has 1 N–H and O–H groups in total. The predicted molar refractivity (Wildman–Crippen MR) is 96.8 cm³/mol. The second-order valence-corrected chi connectivity index (χ2v) is 7.01. The van der Waals surface area contributed by atoms with Gasteiger partial charge in [-0.3, -0.25) is 0 Å². The summed E-state index contributed by atoms with van der Waals surface area (Å²) in [4.78, 5) is 25.0. The van der Waals surface area contributed by atoms with Crippen LogP contribution >= 0.6 is 11.6 Å². The van der Waals surface area contributed by atoms with Crippen molar-refractivity contribution in [2.24, 2.45) is 0 Å². The van der Waals surface area contributed by atoms with E-state index in [0.29, 0.717) is 0 Å². The lowest BCUT2D eigenvalue weighted by Crippen LogP contribution is -2.34. The number of carbonyl (C=O) groups excluding carboxylic acids is 2. The van der Waals surface area contributed by atoms with Crippen LogP contribution in [0.25, 0.3) is 0 Å². The molecule has 170 valence electrons. The molecule has 0 bridgehead atoms. The van der Waals surface area contributed by atoms with Crippen molar-refractivity contribution in [1.82, 2.24) is 5.32 Å². The Kier molecular flexibility index (Phi) is 7.30. The van der Waals surface area contributed by atoms with Gasteiger partial charge in [0.05, 0.1) is 17.1 Å². The van der Waals surface area contributed by atoms with Crippen LogP contribution in [-0.2, 0) is 19.1 Å². The molecule has 1 aromatic rings. The molecule has 0 fully saturated rings. The summed E-state index contributed by atoms with van der Waals surface area (Å²) in [7, 11) is 0. The Morgan fingerprint density at radius 3 is 1.61 bits per heavy atom. The van der Waals surface area contributed by atoms with Crippen LogP contribution in [0, 0.1) is 0 Å². The zero-order valence-corrected chi connectivity index (χ0v) is 16.8. The van der Waals surface area contributed by atoms with Crippen LogP contribution in [0.2, 0.25) is 5.02 Å². The SMILES string of the molecule is CC1=C(C(=O)OCC(F)(F)F)C(c2ccc(Cl)cc2)C(C(=O)OCC(F)(F)F)=C(C)N1. The van der Waals surface area contributed by atoms with E-state index in [-0.39, 0.29) is 33.1 Å². The lowest BCUT2D eigenvalue weighted by Gasteiger charge is -2.30. The zero-order valence-electron chi connectivity index (χ0n) is 16.1. The van der Waals surface area contributed by atoms with Gasteiger partial charge < -0.3 is 14.8 Å². The molecule has 1 heterocycles. The molecular formula is C19H16ClF6NO4. The molecular weight excluding hydrogens is 456 g/mol. The Labute approximate surface area is 177 Å². The summed E-state index contributed by atoms with van der Waals surface area (Å²) in [5.41, 5.74) is -0.413. The molecule has 0 spiro atoms. The summed E-state index contributed by atoms with van der Waals surface area (Å²) in [5, 5.41) is 2.89. The first-order chi connectivity index (χ1) is 14.2. The Morgan fingerprint density at radius 1 is 0.871 bits per heavy atom. The van der Waals surface area contributed by atoms with E-state index in [4.69, 9.17) is 11.6 Å². The first-order valence-corrected chi connectivity index (χ1v) is 8.99. The van der Waals surface area contributed by atoms with Crippen molar-refractivity contribution in [3.8, 4) is 0 Å². The number of carbonyl (C=O) groups is 2. The Bertz CT molecular complexity index is 867. The normalized spacial score (nSPS) is 15.6. The van der Waals surface area contributed by atoms with Crippen LogP contribution in [0.4, 0.5) is 26.3 Å². The van der Waals surface area contributed by atoms with Crippen LogP contribution in [0.5, 0.6) is 0 Å². The first kappa shape index (κ1) is 24.6. The predicted octanol–water partition coefficient (Wildman–Crippen LogP) is 4.79. The van der Waals surface area contributed by atoms with Crippen LogP contribution in [0.1, 0.15) is 25.3 Å². The van der Waals surface area contributed by atoms with E-state index in [1.54, 1.807) is 0 Å².